The molecule has 1 amide bonds. The average Bonchev–Trinajstić information content (AvgIpc) is 3.17. The zero-order valence-electron chi connectivity index (χ0n) is 17.1. The fourth-order valence-corrected chi connectivity index (χ4v) is 5.12. The molecule has 2 heterocycles. The minimum atomic E-state index is 0.126. The molecule has 4 nitrogen and oxygen atoms in total. The fourth-order valence-electron chi connectivity index (χ4n) is 3.69. The van der Waals surface area contributed by atoms with Crippen LogP contribution < -0.4 is 4.74 Å². The number of likely N-dealkylation sites (tertiary alicyclic amines) is 1. The number of amides is 1. The summed E-state index contributed by atoms with van der Waals surface area (Å²) in [6.07, 6.45) is 4.36. The number of ether oxygens (including phenoxy) is 1. The first-order chi connectivity index (χ1) is 14.0. The van der Waals surface area contributed by atoms with Gasteiger partial charge in [0.2, 0.25) is 5.91 Å². The normalized spacial score (nSPS) is 15.1. The highest BCUT2D eigenvalue weighted by Crippen LogP contribution is 2.33. The van der Waals surface area contributed by atoms with Gasteiger partial charge in [0.1, 0.15) is 6.10 Å². The number of thioether (sulfide) groups is 1. The molecular formula is C23H26N2O2S2. The van der Waals surface area contributed by atoms with Crippen LogP contribution in [0.4, 0.5) is 0 Å². The van der Waals surface area contributed by atoms with Gasteiger partial charge in [0.25, 0.3) is 5.19 Å². The van der Waals surface area contributed by atoms with Crippen molar-refractivity contribution in [2.45, 2.75) is 44.1 Å². The summed E-state index contributed by atoms with van der Waals surface area (Å²) in [5, 5.41) is 0.746. The molecule has 1 aliphatic rings. The lowest BCUT2D eigenvalue weighted by atomic mass is 10.1. The molecule has 0 atom stereocenters. The average molecular weight is 427 g/mol. The number of thiazole rings is 1. The Balaban J connectivity index is 1.32. The maximum absolute atomic E-state index is 12.6. The number of rotatable bonds is 5. The summed E-state index contributed by atoms with van der Waals surface area (Å²) in [5.74, 6) is 0.201. The Labute approximate surface area is 180 Å². The van der Waals surface area contributed by atoms with Crippen LogP contribution in [0.5, 0.6) is 5.19 Å². The molecule has 1 saturated heterocycles. The number of hydrogen-bond acceptors (Lipinski definition) is 5. The zero-order valence-corrected chi connectivity index (χ0v) is 18.7. The molecule has 3 aromatic rings. The van der Waals surface area contributed by atoms with E-state index in [2.05, 4.69) is 56.5 Å². The molecule has 1 aromatic heterocycles. The lowest BCUT2D eigenvalue weighted by Gasteiger charge is -2.31. The van der Waals surface area contributed by atoms with Crippen LogP contribution in [-0.2, 0) is 11.2 Å². The summed E-state index contributed by atoms with van der Waals surface area (Å²) in [5.41, 5.74) is 4.54. The highest BCUT2D eigenvalue weighted by atomic mass is 32.2. The molecule has 152 valence electrons. The third-order valence-corrected chi connectivity index (χ3v) is 7.32. The highest BCUT2D eigenvalue weighted by molar-refractivity contribution is 7.98. The molecule has 0 spiro atoms. The molecule has 0 radical (unpaired) electrons. The highest BCUT2D eigenvalue weighted by Gasteiger charge is 2.25. The summed E-state index contributed by atoms with van der Waals surface area (Å²) in [4.78, 5) is 20.5. The largest absolute Gasteiger partial charge is 0.467 e. The number of nitrogens with zero attached hydrogens (tertiary/aromatic N) is 2. The lowest BCUT2D eigenvalue weighted by molar-refractivity contribution is -0.132. The smallest absolute Gasteiger partial charge is 0.274 e. The SMILES string of the molecule is CSc1ccc(CC(=O)N2CCC(Oc3nc4c(C)ccc(C)c4s3)CC2)cc1. The van der Waals surface area contributed by atoms with Gasteiger partial charge < -0.3 is 9.64 Å². The van der Waals surface area contributed by atoms with Crippen LogP contribution in [0, 0.1) is 13.8 Å². The number of carbonyl (C=O) groups excluding carboxylic acids is 1. The maximum Gasteiger partial charge on any atom is 0.274 e. The monoisotopic (exact) mass is 426 g/mol. The summed E-state index contributed by atoms with van der Waals surface area (Å²) in [6, 6.07) is 12.5. The van der Waals surface area contributed by atoms with Crippen LogP contribution in [-0.4, -0.2) is 41.2 Å². The molecule has 0 unspecified atom stereocenters. The minimum absolute atomic E-state index is 0.126. The van der Waals surface area contributed by atoms with E-state index in [1.165, 1.54) is 20.7 Å². The number of aryl methyl sites for hydroxylation is 2. The quantitative estimate of drug-likeness (QED) is 0.523. The van der Waals surface area contributed by atoms with Crippen LogP contribution in [0.15, 0.2) is 41.3 Å². The van der Waals surface area contributed by atoms with Gasteiger partial charge in [-0.3, -0.25) is 4.79 Å². The number of carbonyl (C=O) groups is 1. The van der Waals surface area contributed by atoms with Crippen molar-refractivity contribution in [3.63, 3.8) is 0 Å². The zero-order chi connectivity index (χ0) is 20.4. The van der Waals surface area contributed by atoms with E-state index in [9.17, 15) is 4.79 Å². The Morgan fingerprint density at radius 2 is 1.83 bits per heavy atom. The van der Waals surface area contributed by atoms with Gasteiger partial charge in [0.15, 0.2) is 0 Å². The first-order valence-corrected chi connectivity index (χ1v) is 12.0. The number of aromatic nitrogens is 1. The van der Waals surface area contributed by atoms with E-state index in [1.54, 1.807) is 23.1 Å². The summed E-state index contributed by atoms with van der Waals surface area (Å²) in [6.45, 7) is 5.69. The van der Waals surface area contributed by atoms with Crippen LogP contribution in [0.1, 0.15) is 29.5 Å². The lowest BCUT2D eigenvalue weighted by Crippen LogP contribution is -2.42. The van der Waals surface area contributed by atoms with E-state index in [0.29, 0.717) is 6.42 Å². The maximum atomic E-state index is 12.6. The van der Waals surface area contributed by atoms with E-state index in [-0.39, 0.29) is 12.0 Å². The van der Waals surface area contributed by atoms with E-state index in [1.807, 2.05) is 4.90 Å². The standard InChI is InChI=1S/C23H26N2O2S2/c1-15-4-5-16(2)22-21(15)24-23(29-22)27-18-10-12-25(13-11-18)20(26)14-17-6-8-19(28-3)9-7-17/h4-9,18H,10-14H2,1-3H3. The van der Waals surface area contributed by atoms with Crippen LogP contribution in [0.25, 0.3) is 10.2 Å². The van der Waals surface area contributed by atoms with Gasteiger partial charge in [-0.25, -0.2) is 4.98 Å². The second-order valence-electron chi connectivity index (χ2n) is 7.58. The van der Waals surface area contributed by atoms with Crippen molar-refractivity contribution in [2.75, 3.05) is 19.3 Å². The Kier molecular flexibility index (Phi) is 6.11. The molecule has 1 fully saturated rings. The number of hydrogen-bond donors (Lipinski definition) is 0. The Hall–Kier alpha value is -2.05. The Morgan fingerprint density at radius 1 is 1.14 bits per heavy atom. The first-order valence-electron chi connectivity index (χ1n) is 9.97. The molecule has 29 heavy (non-hydrogen) atoms. The van der Waals surface area contributed by atoms with E-state index < -0.39 is 0 Å². The second kappa shape index (κ2) is 8.76. The van der Waals surface area contributed by atoms with Crippen LogP contribution in [0.2, 0.25) is 0 Å². The molecule has 0 aliphatic carbocycles. The number of fused-ring (bicyclic) bond motifs is 1. The van der Waals surface area contributed by atoms with Crippen molar-refractivity contribution >= 4 is 39.2 Å². The third kappa shape index (κ3) is 4.59. The molecule has 6 heteroatoms. The van der Waals surface area contributed by atoms with Crippen molar-refractivity contribution in [1.29, 1.82) is 0 Å². The van der Waals surface area contributed by atoms with Gasteiger partial charge in [0.05, 0.1) is 16.6 Å². The van der Waals surface area contributed by atoms with Gasteiger partial charge in [-0.05, 0) is 48.9 Å². The van der Waals surface area contributed by atoms with Gasteiger partial charge in [0, 0.05) is 30.8 Å². The van der Waals surface area contributed by atoms with Crippen LogP contribution >= 0.6 is 23.1 Å². The molecule has 0 bridgehead atoms. The van der Waals surface area contributed by atoms with Crippen molar-refractivity contribution in [1.82, 2.24) is 9.88 Å². The Morgan fingerprint density at radius 3 is 2.48 bits per heavy atom. The van der Waals surface area contributed by atoms with E-state index >= 15 is 0 Å². The second-order valence-corrected chi connectivity index (χ2v) is 9.42. The predicted octanol–water partition coefficient (Wildman–Crippen LogP) is 5.25. The van der Waals surface area contributed by atoms with Crippen molar-refractivity contribution in [2.24, 2.45) is 0 Å². The van der Waals surface area contributed by atoms with Crippen molar-refractivity contribution < 1.29 is 9.53 Å². The van der Waals surface area contributed by atoms with E-state index in [0.717, 1.165) is 42.2 Å². The molecule has 4 rings (SSSR count). The number of benzene rings is 2. The fraction of sp³-hybridized carbons (Fsp3) is 0.391. The number of piperidine rings is 1. The summed E-state index contributed by atoms with van der Waals surface area (Å²) < 4.78 is 7.40. The van der Waals surface area contributed by atoms with Crippen molar-refractivity contribution in [3.8, 4) is 5.19 Å². The van der Waals surface area contributed by atoms with Crippen molar-refractivity contribution in [3.05, 3.63) is 53.1 Å². The molecule has 0 N–H and O–H groups in total. The molecule has 2 aromatic carbocycles. The Bertz CT molecular complexity index is 967. The van der Waals surface area contributed by atoms with Gasteiger partial charge in [-0.1, -0.05) is 35.6 Å². The first kappa shape index (κ1) is 20.2. The van der Waals surface area contributed by atoms with Crippen LogP contribution in [0.3, 0.4) is 0 Å². The topological polar surface area (TPSA) is 42.4 Å². The van der Waals surface area contributed by atoms with Gasteiger partial charge >= 0.3 is 0 Å². The van der Waals surface area contributed by atoms with Gasteiger partial charge in [-0.15, -0.1) is 11.8 Å². The van der Waals surface area contributed by atoms with Gasteiger partial charge in [-0.2, -0.15) is 0 Å². The molecule has 1 aliphatic heterocycles. The molecular weight excluding hydrogens is 400 g/mol. The molecule has 0 saturated carbocycles. The third-order valence-electron chi connectivity index (χ3n) is 5.50. The summed E-state index contributed by atoms with van der Waals surface area (Å²) >= 11 is 3.34. The summed E-state index contributed by atoms with van der Waals surface area (Å²) in [7, 11) is 0. The van der Waals surface area contributed by atoms with E-state index in [4.69, 9.17) is 9.72 Å². The minimum Gasteiger partial charge on any atom is -0.467 e. The predicted molar refractivity (Wildman–Crippen MR) is 121 cm³/mol.